The molecule has 0 radical (unpaired) electrons. The molecule has 0 spiro atoms. The Labute approximate surface area is 185 Å². The number of piperazine rings is 1. The summed E-state index contributed by atoms with van der Waals surface area (Å²) in [7, 11) is -0.0234. The zero-order chi connectivity index (χ0) is 22.6. The van der Waals surface area contributed by atoms with Crippen LogP contribution in [0.1, 0.15) is 40.9 Å². The number of benzene rings is 2. The zero-order valence-corrected chi connectivity index (χ0v) is 19.4. The molecule has 1 atom stereocenters. The second kappa shape index (κ2) is 9.80. The lowest BCUT2D eigenvalue weighted by atomic mass is 10.0. The molecule has 1 aliphatic rings. The molecule has 7 nitrogen and oxygen atoms in total. The molecule has 3 rings (SSSR count). The number of sulfonamides is 1. The first-order valence-corrected chi connectivity index (χ1v) is 11.9. The molecule has 2 aromatic carbocycles. The van der Waals surface area contributed by atoms with Crippen LogP contribution in [0.15, 0.2) is 47.4 Å². The van der Waals surface area contributed by atoms with Crippen LogP contribution in [0.2, 0.25) is 0 Å². The van der Waals surface area contributed by atoms with Crippen LogP contribution in [-0.4, -0.2) is 63.9 Å². The molecule has 0 aromatic heterocycles. The van der Waals surface area contributed by atoms with Gasteiger partial charge in [-0.1, -0.05) is 25.1 Å². The number of likely N-dealkylation sites (N-methyl/N-ethyl adjacent to an activating group) is 1. The minimum atomic E-state index is -3.63. The molecular weight excluding hydrogens is 414 g/mol. The lowest BCUT2D eigenvalue weighted by Crippen LogP contribution is -2.47. The topological polar surface area (TPSA) is 79.0 Å². The standard InChI is InChI=1S/C23H31N3O4S/c1-5-21(18-9-10-22(30-4)17(2)15-18)24-23(27)19-7-6-8-20(16-19)31(28,29)26-13-11-25(3)12-14-26/h6-10,15-16,21H,5,11-14H2,1-4H3,(H,24,27)/t21-/m0/s1. The monoisotopic (exact) mass is 445 g/mol. The number of aryl methyl sites for hydroxylation is 1. The molecule has 0 bridgehead atoms. The Hall–Kier alpha value is -2.42. The van der Waals surface area contributed by atoms with E-state index in [1.807, 2.05) is 39.1 Å². The Morgan fingerprint density at radius 3 is 2.45 bits per heavy atom. The zero-order valence-electron chi connectivity index (χ0n) is 18.6. The summed E-state index contributed by atoms with van der Waals surface area (Å²) >= 11 is 0. The van der Waals surface area contributed by atoms with Gasteiger partial charge in [-0.2, -0.15) is 4.31 Å². The van der Waals surface area contributed by atoms with Gasteiger partial charge in [0.2, 0.25) is 10.0 Å². The van der Waals surface area contributed by atoms with Crippen molar-refractivity contribution in [3.8, 4) is 5.75 Å². The number of nitrogens with one attached hydrogen (secondary N) is 1. The van der Waals surface area contributed by atoms with Crippen molar-refractivity contribution in [2.24, 2.45) is 0 Å². The van der Waals surface area contributed by atoms with Gasteiger partial charge in [0.15, 0.2) is 0 Å². The largest absolute Gasteiger partial charge is 0.496 e. The lowest BCUT2D eigenvalue weighted by molar-refractivity contribution is 0.0935. The Morgan fingerprint density at radius 2 is 1.84 bits per heavy atom. The highest BCUT2D eigenvalue weighted by molar-refractivity contribution is 7.89. The highest BCUT2D eigenvalue weighted by Crippen LogP contribution is 2.25. The van der Waals surface area contributed by atoms with Crippen molar-refractivity contribution in [3.05, 3.63) is 59.2 Å². The van der Waals surface area contributed by atoms with Crippen LogP contribution in [0.3, 0.4) is 0 Å². The second-order valence-electron chi connectivity index (χ2n) is 7.90. The summed E-state index contributed by atoms with van der Waals surface area (Å²) in [5, 5.41) is 3.03. The van der Waals surface area contributed by atoms with Gasteiger partial charge in [-0.15, -0.1) is 0 Å². The van der Waals surface area contributed by atoms with E-state index in [1.54, 1.807) is 25.3 Å². The fourth-order valence-electron chi connectivity index (χ4n) is 3.76. The van der Waals surface area contributed by atoms with Gasteiger partial charge in [-0.05, 0) is 55.8 Å². The van der Waals surface area contributed by atoms with E-state index in [2.05, 4.69) is 10.2 Å². The molecule has 1 N–H and O–H groups in total. The fraction of sp³-hybridized carbons (Fsp3) is 0.435. The number of rotatable bonds is 7. The van der Waals surface area contributed by atoms with Gasteiger partial charge < -0.3 is 15.0 Å². The summed E-state index contributed by atoms with van der Waals surface area (Å²) in [6.45, 7) is 6.24. The van der Waals surface area contributed by atoms with Gasteiger partial charge in [0.1, 0.15) is 5.75 Å². The molecule has 0 saturated carbocycles. The van der Waals surface area contributed by atoms with Crippen molar-refractivity contribution >= 4 is 15.9 Å². The number of carbonyl (C=O) groups is 1. The van der Waals surface area contributed by atoms with Crippen LogP contribution in [0.5, 0.6) is 5.75 Å². The highest BCUT2D eigenvalue weighted by atomic mass is 32.2. The average Bonchev–Trinajstić information content (AvgIpc) is 2.77. The molecule has 0 aliphatic carbocycles. The Morgan fingerprint density at radius 1 is 1.13 bits per heavy atom. The normalized spacial score (nSPS) is 16.6. The van der Waals surface area contributed by atoms with Crippen LogP contribution >= 0.6 is 0 Å². The van der Waals surface area contributed by atoms with Gasteiger partial charge in [-0.25, -0.2) is 8.42 Å². The number of carbonyl (C=O) groups excluding carboxylic acids is 1. The number of amides is 1. The maximum absolute atomic E-state index is 13.0. The van der Waals surface area contributed by atoms with Gasteiger partial charge in [-0.3, -0.25) is 4.79 Å². The molecule has 168 valence electrons. The van der Waals surface area contributed by atoms with Crippen molar-refractivity contribution in [1.29, 1.82) is 0 Å². The first-order valence-electron chi connectivity index (χ1n) is 10.5. The minimum Gasteiger partial charge on any atom is -0.496 e. The molecule has 31 heavy (non-hydrogen) atoms. The first kappa shape index (κ1) is 23.2. The third-order valence-electron chi connectivity index (χ3n) is 5.73. The minimum absolute atomic E-state index is 0.151. The van der Waals surface area contributed by atoms with E-state index >= 15 is 0 Å². The molecule has 1 heterocycles. The van der Waals surface area contributed by atoms with Crippen molar-refractivity contribution in [2.75, 3.05) is 40.3 Å². The summed E-state index contributed by atoms with van der Waals surface area (Å²) in [5.74, 6) is 0.502. The third-order valence-corrected chi connectivity index (χ3v) is 7.63. The Bertz CT molecular complexity index is 1030. The quantitative estimate of drug-likeness (QED) is 0.709. The summed E-state index contributed by atoms with van der Waals surface area (Å²) in [4.78, 5) is 15.2. The molecule has 1 saturated heterocycles. The lowest BCUT2D eigenvalue weighted by Gasteiger charge is -2.31. The number of nitrogens with zero attached hydrogens (tertiary/aromatic N) is 2. The van der Waals surface area contributed by atoms with E-state index in [9.17, 15) is 13.2 Å². The molecule has 1 aliphatic heterocycles. The Kier molecular flexibility index (Phi) is 7.35. The fourth-order valence-corrected chi connectivity index (χ4v) is 5.22. The predicted molar refractivity (Wildman–Crippen MR) is 121 cm³/mol. The van der Waals surface area contributed by atoms with Crippen LogP contribution in [0.4, 0.5) is 0 Å². The van der Waals surface area contributed by atoms with Crippen LogP contribution in [0.25, 0.3) is 0 Å². The van der Waals surface area contributed by atoms with Crippen molar-refractivity contribution < 1.29 is 17.9 Å². The van der Waals surface area contributed by atoms with E-state index in [1.165, 1.54) is 10.4 Å². The van der Waals surface area contributed by atoms with E-state index < -0.39 is 10.0 Å². The first-order chi connectivity index (χ1) is 14.8. The van der Waals surface area contributed by atoms with E-state index in [4.69, 9.17) is 4.74 Å². The maximum Gasteiger partial charge on any atom is 0.251 e. The van der Waals surface area contributed by atoms with E-state index in [-0.39, 0.29) is 16.8 Å². The summed E-state index contributed by atoms with van der Waals surface area (Å²) in [6, 6.07) is 11.9. The summed E-state index contributed by atoms with van der Waals surface area (Å²) in [6.07, 6.45) is 0.705. The molecule has 0 unspecified atom stereocenters. The maximum atomic E-state index is 13.0. The van der Waals surface area contributed by atoms with Crippen LogP contribution in [-0.2, 0) is 10.0 Å². The van der Waals surface area contributed by atoms with Crippen molar-refractivity contribution in [2.45, 2.75) is 31.2 Å². The second-order valence-corrected chi connectivity index (χ2v) is 9.84. The van der Waals surface area contributed by atoms with Gasteiger partial charge in [0, 0.05) is 31.7 Å². The molecule has 1 amide bonds. The molecule has 8 heteroatoms. The number of hydrogen-bond acceptors (Lipinski definition) is 5. The van der Waals surface area contributed by atoms with Crippen molar-refractivity contribution in [1.82, 2.24) is 14.5 Å². The SMILES string of the molecule is CC[C@H](NC(=O)c1cccc(S(=O)(=O)N2CCN(C)CC2)c1)c1ccc(OC)c(C)c1. The smallest absolute Gasteiger partial charge is 0.251 e. The van der Waals surface area contributed by atoms with Crippen molar-refractivity contribution in [3.63, 3.8) is 0 Å². The summed E-state index contributed by atoms with van der Waals surface area (Å²) < 4.78 is 32.9. The highest BCUT2D eigenvalue weighted by Gasteiger charge is 2.28. The van der Waals surface area contributed by atoms with Gasteiger partial charge in [0.05, 0.1) is 18.0 Å². The average molecular weight is 446 g/mol. The number of methoxy groups -OCH3 is 1. The molecular formula is C23H31N3O4S. The molecule has 1 fully saturated rings. The summed E-state index contributed by atoms with van der Waals surface area (Å²) in [5.41, 5.74) is 2.31. The van der Waals surface area contributed by atoms with Gasteiger partial charge in [0.25, 0.3) is 5.91 Å². The number of ether oxygens (including phenoxy) is 1. The third kappa shape index (κ3) is 5.26. The van der Waals surface area contributed by atoms with E-state index in [0.717, 1.165) is 16.9 Å². The predicted octanol–water partition coefficient (Wildman–Crippen LogP) is 2.82. The Balaban J connectivity index is 1.78. The number of hydrogen-bond donors (Lipinski definition) is 1. The van der Waals surface area contributed by atoms with E-state index in [0.29, 0.717) is 38.2 Å². The van der Waals surface area contributed by atoms with Crippen LogP contribution < -0.4 is 10.1 Å². The van der Waals surface area contributed by atoms with Crippen LogP contribution in [0, 0.1) is 6.92 Å². The van der Waals surface area contributed by atoms with Gasteiger partial charge >= 0.3 is 0 Å². The molecule has 2 aromatic rings.